The van der Waals surface area contributed by atoms with Crippen LogP contribution >= 0.6 is 0 Å². The first-order valence-electron chi connectivity index (χ1n) is 4.91. The lowest BCUT2D eigenvalue weighted by atomic mass is 9.88. The lowest BCUT2D eigenvalue weighted by Crippen LogP contribution is -2.04. The summed E-state index contributed by atoms with van der Waals surface area (Å²) < 4.78 is 0. The second-order valence-electron chi connectivity index (χ2n) is 3.95. The van der Waals surface area contributed by atoms with Crippen molar-refractivity contribution in [2.75, 3.05) is 0 Å². The van der Waals surface area contributed by atoms with Crippen molar-refractivity contribution in [1.82, 2.24) is 0 Å². The van der Waals surface area contributed by atoms with E-state index in [0.29, 0.717) is 5.41 Å². The summed E-state index contributed by atoms with van der Waals surface area (Å²) in [7, 11) is 0. The number of rotatable bonds is 5. The molecule has 0 aromatic carbocycles. The number of allylic oxidation sites excluding steroid dienone is 4. The maximum absolute atomic E-state index is 2.33. The average molecular weight is 166 g/mol. The second-order valence-corrected chi connectivity index (χ2v) is 3.95. The molecule has 0 aromatic rings. The molecule has 0 aliphatic rings. The van der Waals surface area contributed by atoms with Crippen LogP contribution in [0.5, 0.6) is 0 Å². The van der Waals surface area contributed by atoms with E-state index in [2.05, 4.69) is 52.0 Å². The summed E-state index contributed by atoms with van der Waals surface area (Å²) in [6.45, 7) is 8.84. The topological polar surface area (TPSA) is 0 Å². The van der Waals surface area contributed by atoms with Crippen molar-refractivity contribution in [2.24, 2.45) is 5.41 Å². The standard InChI is InChI=1S/C12H22/c1-5-7-9-11-12(3,4)10-8-6-2/h6,8-9,11H,5,7,10H2,1-4H3/b8-6-,11-9-. The van der Waals surface area contributed by atoms with Gasteiger partial charge in [-0.3, -0.25) is 0 Å². The van der Waals surface area contributed by atoms with Crippen molar-refractivity contribution >= 4 is 0 Å². The third kappa shape index (κ3) is 6.21. The van der Waals surface area contributed by atoms with Gasteiger partial charge in [0.25, 0.3) is 0 Å². The summed E-state index contributed by atoms with van der Waals surface area (Å²) in [4.78, 5) is 0. The van der Waals surface area contributed by atoms with Crippen LogP contribution in [0.1, 0.15) is 47.0 Å². The number of unbranched alkanes of at least 4 members (excludes halogenated alkanes) is 1. The largest absolute Gasteiger partial charge is 0.0916 e. The molecule has 0 bridgehead atoms. The van der Waals surface area contributed by atoms with Crippen molar-refractivity contribution in [2.45, 2.75) is 47.0 Å². The average Bonchev–Trinajstić information content (AvgIpc) is 2.01. The molecule has 0 saturated carbocycles. The fourth-order valence-electron chi connectivity index (χ4n) is 1.06. The molecule has 0 unspecified atom stereocenters. The zero-order chi connectivity index (χ0) is 9.45. The Balaban J connectivity index is 3.85. The van der Waals surface area contributed by atoms with E-state index in [9.17, 15) is 0 Å². The van der Waals surface area contributed by atoms with Crippen LogP contribution in [0.15, 0.2) is 24.3 Å². The highest BCUT2D eigenvalue weighted by Crippen LogP contribution is 2.22. The third-order valence-corrected chi connectivity index (χ3v) is 1.90. The number of hydrogen-bond donors (Lipinski definition) is 0. The lowest BCUT2D eigenvalue weighted by Gasteiger charge is -2.17. The Bertz CT molecular complexity index is 149. The molecule has 0 aromatic heterocycles. The minimum atomic E-state index is 0.335. The van der Waals surface area contributed by atoms with Gasteiger partial charge in [0, 0.05) is 0 Å². The van der Waals surface area contributed by atoms with Gasteiger partial charge in [-0.05, 0) is 25.2 Å². The SMILES string of the molecule is C/C=C\CC(C)(C)/C=C\CCC. The van der Waals surface area contributed by atoms with Crippen LogP contribution < -0.4 is 0 Å². The van der Waals surface area contributed by atoms with Gasteiger partial charge in [-0.15, -0.1) is 0 Å². The van der Waals surface area contributed by atoms with Gasteiger partial charge in [0.1, 0.15) is 0 Å². The van der Waals surface area contributed by atoms with E-state index in [1.165, 1.54) is 12.8 Å². The minimum absolute atomic E-state index is 0.335. The zero-order valence-corrected chi connectivity index (χ0v) is 8.93. The zero-order valence-electron chi connectivity index (χ0n) is 8.93. The Kier molecular flexibility index (Phi) is 5.79. The maximum atomic E-state index is 2.33. The van der Waals surface area contributed by atoms with Crippen molar-refractivity contribution in [1.29, 1.82) is 0 Å². The highest BCUT2D eigenvalue weighted by molar-refractivity contribution is 4.98. The Hall–Kier alpha value is -0.520. The van der Waals surface area contributed by atoms with Crippen LogP contribution in [0.2, 0.25) is 0 Å². The molecule has 0 saturated heterocycles. The molecule has 0 nitrogen and oxygen atoms in total. The van der Waals surface area contributed by atoms with Crippen molar-refractivity contribution in [3.8, 4) is 0 Å². The van der Waals surface area contributed by atoms with Gasteiger partial charge < -0.3 is 0 Å². The van der Waals surface area contributed by atoms with Crippen LogP contribution in [0, 0.1) is 5.41 Å². The predicted molar refractivity (Wildman–Crippen MR) is 57.3 cm³/mol. The van der Waals surface area contributed by atoms with E-state index in [1.54, 1.807) is 0 Å². The van der Waals surface area contributed by atoms with E-state index in [0.717, 1.165) is 6.42 Å². The highest BCUT2D eigenvalue weighted by Gasteiger charge is 2.09. The normalized spacial score (nSPS) is 13.3. The van der Waals surface area contributed by atoms with E-state index >= 15 is 0 Å². The quantitative estimate of drug-likeness (QED) is 0.533. The summed E-state index contributed by atoms with van der Waals surface area (Å²) in [5, 5.41) is 0. The first-order valence-corrected chi connectivity index (χ1v) is 4.91. The first-order chi connectivity index (χ1) is 5.62. The van der Waals surface area contributed by atoms with Gasteiger partial charge in [0.05, 0.1) is 0 Å². The summed E-state index contributed by atoms with van der Waals surface area (Å²) in [5.41, 5.74) is 0.335. The molecule has 12 heavy (non-hydrogen) atoms. The van der Waals surface area contributed by atoms with Gasteiger partial charge in [0.2, 0.25) is 0 Å². The molecule has 0 spiro atoms. The Morgan fingerprint density at radius 2 is 1.83 bits per heavy atom. The molecular formula is C12H22. The summed E-state index contributed by atoms with van der Waals surface area (Å²) in [5.74, 6) is 0. The van der Waals surface area contributed by atoms with Crippen LogP contribution in [-0.4, -0.2) is 0 Å². The summed E-state index contributed by atoms with van der Waals surface area (Å²) in [6, 6.07) is 0. The van der Waals surface area contributed by atoms with Gasteiger partial charge in [-0.2, -0.15) is 0 Å². The van der Waals surface area contributed by atoms with Gasteiger partial charge in [0.15, 0.2) is 0 Å². The van der Waals surface area contributed by atoms with Crippen LogP contribution in [0.4, 0.5) is 0 Å². The molecule has 0 aliphatic carbocycles. The Morgan fingerprint density at radius 1 is 1.17 bits per heavy atom. The minimum Gasteiger partial charge on any atom is -0.0916 e. The van der Waals surface area contributed by atoms with Crippen LogP contribution in [0.25, 0.3) is 0 Å². The third-order valence-electron chi connectivity index (χ3n) is 1.90. The maximum Gasteiger partial charge on any atom is -0.0140 e. The molecule has 0 fully saturated rings. The van der Waals surface area contributed by atoms with Crippen LogP contribution in [0.3, 0.4) is 0 Å². The first kappa shape index (κ1) is 11.5. The van der Waals surface area contributed by atoms with Gasteiger partial charge in [-0.25, -0.2) is 0 Å². The van der Waals surface area contributed by atoms with Gasteiger partial charge >= 0.3 is 0 Å². The van der Waals surface area contributed by atoms with Crippen LogP contribution in [-0.2, 0) is 0 Å². The summed E-state index contributed by atoms with van der Waals surface area (Å²) >= 11 is 0. The Labute approximate surface area is 77.4 Å². The molecular weight excluding hydrogens is 144 g/mol. The van der Waals surface area contributed by atoms with Gasteiger partial charge in [-0.1, -0.05) is 51.5 Å². The van der Waals surface area contributed by atoms with E-state index in [1.807, 2.05) is 0 Å². The molecule has 0 amide bonds. The summed E-state index contributed by atoms with van der Waals surface area (Å²) in [6.07, 6.45) is 12.6. The van der Waals surface area contributed by atoms with Crippen molar-refractivity contribution in [3.05, 3.63) is 24.3 Å². The fraction of sp³-hybridized carbons (Fsp3) is 0.667. The Morgan fingerprint density at radius 3 is 2.33 bits per heavy atom. The molecule has 0 heterocycles. The monoisotopic (exact) mass is 166 g/mol. The van der Waals surface area contributed by atoms with E-state index in [-0.39, 0.29) is 0 Å². The molecule has 0 radical (unpaired) electrons. The smallest absolute Gasteiger partial charge is 0.0140 e. The molecule has 0 atom stereocenters. The molecule has 0 N–H and O–H groups in total. The van der Waals surface area contributed by atoms with Crippen molar-refractivity contribution in [3.63, 3.8) is 0 Å². The van der Waals surface area contributed by atoms with E-state index in [4.69, 9.17) is 0 Å². The molecule has 0 rings (SSSR count). The molecule has 70 valence electrons. The molecule has 0 heteroatoms. The second kappa shape index (κ2) is 6.05. The van der Waals surface area contributed by atoms with E-state index < -0.39 is 0 Å². The number of hydrogen-bond acceptors (Lipinski definition) is 0. The fourth-order valence-corrected chi connectivity index (χ4v) is 1.06. The predicted octanol–water partition coefficient (Wildman–Crippen LogP) is 4.34. The highest BCUT2D eigenvalue weighted by atomic mass is 14.1. The molecule has 0 aliphatic heterocycles. The van der Waals surface area contributed by atoms with Crippen molar-refractivity contribution < 1.29 is 0 Å². The lowest BCUT2D eigenvalue weighted by molar-refractivity contribution is 0.487.